The van der Waals surface area contributed by atoms with Crippen molar-refractivity contribution in [3.63, 3.8) is 0 Å². The van der Waals surface area contributed by atoms with Gasteiger partial charge in [-0.3, -0.25) is 4.98 Å². The van der Waals surface area contributed by atoms with Gasteiger partial charge in [-0.15, -0.1) is 0 Å². The summed E-state index contributed by atoms with van der Waals surface area (Å²) in [5, 5.41) is 7.57. The van der Waals surface area contributed by atoms with Crippen molar-refractivity contribution in [3.05, 3.63) is 35.7 Å². The van der Waals surface area contributed by atoms with E-state index in [4.69, 9.17) is 17.3 Å². The highest BCUT2D eigenvalue weighted by atomic mass is 35.5. The van der Waals surface area contributed by atoms with E-state index in [1.807, 2.05) is 12.1 Å². The lowest BCUT2D eigenvalue weighted by Gasteiger charge is -2.30. The van der Waals surface area contributed by atoms with Crippen molar-refractivity contribution in [2.24, 2.45) is 11.7 Å². The number of sulfonamides is 1. The first-order valence-corrected chi connectivity index (χ1v) is 13.8. The molecule has 180 valence electrons. The van der Waals surface area contributed by atoms with Crippen molar-refractivity contribution >= 4 is 33.1 Å². The van der Waals surface area contributed by atoms with Crippen LogP contribution in [0, 0.1) is 5.92 Å². The molecule has 2 fully saturated rings. The van der Waals surface area contributed by atoms with Gasteiger partial charge >= 0.3 is 0 Å². The molecule has 0 unspecified atom stereocenters. The molecular formula is C23H33ClN6O2S. The van der Waals surface area contributed by atoms with Gasteiger partial charge in [-0.25, -0.2) is 17.7 Å². The number of nitrogens with one attached hydrogen (secondary N) is 2. The lowest BCUT2D eigenvalue weighted by atomic mass is 9.92. The van der Waals surface area contributed by atoms with Crippen LogP contribution in [0.1, 0.15) is 38.5 Å². The molecule has 2 aromatic rings. The minimum absolute atomic E-state index is 0.310. The minimum atomic E-state index is -3.10. The van der Waals surface area contributed by atoms with Crippen LogP contribution in [0.15, 0.2) is 30.7 Å². The van der Waals surface area contributed by atoms with Crippen LogP contribution in [0.3, 0.4) is 0 Å². The van der Waals surface area contributed by atoms with Gasteiger partial charge in [-0.05, 0) is 56.6 Å². The Morgan fingerprint density at radius 3 is 2.52 bits per heavy atom. The van der Waals surface area contributed by atoms with Crippen LogP contribution >= 0.6 is 11.6 Å². The number of pyridine rings is 2. The fourth-order valence-electron chi connectivity index (χ4n) is 4.60. The number of hydrogen-bond acceptors (Lipinski definition) is 7. The second-order valence-corrected chi connectivity index (χ2v) is 11.6. The van der Waals surface area contributed by atoms with Gasteiger partial charge < -0.3 is 16.4 Å². The van der Waals surface area contributed by atoms with Crippen molar-refractivity contribution in [1.29, 1.82) is 0 Å². The second kappa shape index (κ2) is 10.5. The number of hydrogen-bond donors (Lipinski definition) is 3. The number of halogens is 1. The SMILES string of the molecule is CS(=O)(=O)N1CCC(CNc2cncc(-c3cc(N[C@H]4CC[C@H](N)CC4)ncc3Cl)c2)CC1. The lowest BCUT2D eigenvalue weighted by Crippen LogP contribution is -2.39. The van der Waals surface area contributed by atoms with E-state index in [2.05, 4.69) is 20.6 Å². The topological polar surface area (TPSA) is 113 Å². The van der Waals surface area contributed by atoms with Crippen LogP contribution in [-0.4, -0.2) is 60.7 Å². The first-order valence-electron chi connectivity index (χ1n) is 11.6. The van der Waals surface area contributed by atoms with Gasteiger partial charge in [0.25, 0.3) is 0 Å². The van der Waals surface area contributed by atoms with Gasteiger partial charge in [0.15, 0.2) is 0 Å². The van der Waals surface area contributed by atoms with E-state index in [1.54, 1.807) is 22.9 Å². The maximum Gasteiger partial charge on any atom is 0.211 e. The van der Waals surface area contributed by atoms with Crippen LogP contribution in [0.2, 0.25) is 5.02 Å². The summed E-state index contributed by atoms with van der Waals surface area (Å²) in [5.74, 6) is 1.24. The van der Waals surface area contributed by atoms with E-state index in [0.29, 0.717) is 36.1 Å². The predicted molar refractivity (Wildman–Crippen MR) is 134 cm³/mol. The Labute approximate surface area is 201 Å². The normalized spacial score (nSPS) is 22.8. The molecule has 2 aliphatic rings. The monoisotopic (exact) mass is 492 g/mol. The van der Waals surface area contributed by atoms with Crippen molar-refractivity contribution < 1.29 is 8.42 Å². The summed E-state index contributed by atoms with van der Waals surface area (Å²) in [6, 6.07) is 4.72. The van der Waals surface area contributed by atoms with Crippen molar-refractivity contribution in [3.8, 4) is 11.1 Å². The Kier molecular flexibility index (Phi) is 7.73. The Hall–Kier alpha value is -1.94. The van der Waals surface area contributed by atoms with Crippen LogP contribution in [0.4, 0.5) is 11.5 Å². The molecule has 0 aromatic carbocycles. The van der Waals surface area contributed by atoms with Crippen LogP contribution in [-0.2, 0) is 10.0 Å². The molecule has 10 heteroatoms. The molecule has 33 heavy (non-hydrogen) atoms. The van der Waals surface area contributed by atoms with E-state index in [0.717, 1.165) is 67.7 Å². The third-order valence-electron chi connectivity index (χ3n) is 6.67. The van der Waals surface area contributed by atoms with E-state index in [9.17, 15) is 8.42 Å². The highest BCUT2D eigenvalue weighted by Gasteiger charge is 2.24. The quantitative estimate of drug-likeness (QED) is 0.541. The van der Waals surface area contributed by atoms with Gasteiger partial charge in [-0.1, -0.05) is 11.6 Å². The standard InChI is InChI=1S/C23H33ClN6O2S/c1-33(31,32)30-8-6-16(7-9-30)12-27-20-10-17(13-26-14-20)21-11-23(28-15-22(21)24)29-19-4-2-18(25)3-5-19/h10-11,13-16,18-19,27H,2-9,12,25H2,1H3,(H,28,29)/t18-,19-. The van der Waals surface area contributed by atoms with E-state index in [-0.39, 0.29) is 0 Å². The van der Waals surface area contributed by atoms with Gasteiger partial charge in [0.05, 0.1) is 17.0 Å². The molecule has 8 nitrogen and oxygen atoms in total. The molecule has 1 saturated carbocycles. The third kappa shape index (κ3) is 6.56. The molecule has 0 atom stereocenters. The summed E-state index contributed by atoms with van der Waals surface area (Å²) >= 11 is 6.49. The first kappa shape index (κ1) is 24.2. The van der Waals surface area contributed by atoms with E-state index >= 15 is 0 Å². The summed E-state index contributed by atoms with van der Waals surface area (Å²) in [7, 11) is -3.10. The summed E-state index contributed by atoms with van der Waals surface area (Å²) in [5.41, 5.74) is 8.75. The fourth-order valence-corrected chi connectivity index (χ4v) is 5.69. The fraction of sp³-hybridized carbons (Fsp3) is 0.565. The van der Waals surface area contributed by atoms with Gasteiger partial charge in [0.2, 0.25) is 10.0 Å². The molecule has 4 rings (SSSR count). The summed E-state index contributed by atoms with van der Waals surface area (Å²) < 4.78 is 25.0. The van der Waals surface area contributed by atoms with Crippen molar-refractivity contribution in [2.75, 3.05) is 36.5 Å². The van der Waals surface area contributed by atoms with Crippen LogP contribution < -0.4 is 16.4 Å². The number of nitrogens with two attached hydrogens (primary N) is 1. The van der Waals surface area contributed by atoms with Gasteiger partial charge in [0.1, 0.15) is 5.82 Å². The average Bonchev–Trinajstić information content (AvgIpc) is 2.80. The number of piperidine rings is 1. The largest absolute Gasteiger partial charge is 0.384 e. The minimum Gasteiger partial charge on any atom is -0.384 e. The van der Waals surface area contributed by atoms with E-state index < -0.39 is 10.0 Å². The maximum absolute atomic E-state index is 11.7. The second-order valence-electron chi connectivity index (χ2n) is 9.25. The van der Waals surface area contributed by atoms with Crippen molar-refractivity contribution in [1.82, 2.24) is 14.3 Å². The number of anilines is 2. The highest BCUT2D eigenvalue weighted by Crippen LogP contribution is 2.31. The zero-order chi connectivity index (χ0) is 23.4. The molecule has 0 amide bonds. The number of aromatic nitrogens is 2. The van der Waals surface area contributed by atoms with Crippen LogP contribution in [0.25, 0.3) is 11.1 Å². The Morgan fingerprint density at radius 1 is 1.09 bits per heavy atom. The first-order chi connectivity index (χ1) is 15.8. The zero-order valence-electron chi connectivity index (χ0n) is 19.0. The molecule has 0 bridgehead atoms. The molecule has 4 N–H and O–H groups in total. The summed E-state index contributed by atoms with van der Waals surface area (Å²) in [6.45, 7) is 1.95. The predicted octanol–water partition coefficient (Wildman–Crippen LogP) is 3.56. The van der Waals surface area contributed by atoms with E-state index in [1.165, 1.54) is 6.26 Å². The molecule has 1 saturated heterocycles. The third-order valence-corrected chi connectivity index (χ3v) is 8.27. The number of rotatable bonds is 7. The molecule has 0 radical (unpaired) electrons. The molecular weight excluding hydrogens is 460 g/mol. The van der Waals surface area contributed by atoms with Crippen LogP contribution in [0.5, 0.6) is 0 Å². The molecule has 3 heterocycles. The average molecular weight is 493 g/mol. The zero-order valence-corrected chi connectivity index (χ0v) is 20.6. The Bertz CT molecular complexity index is 1050. The molecule has 2 aromatic heterocycles. The van der Waals surface area contributed by atoms with Gasteiger partial charge in [-0.2, -0.15) is 0 Å². The molecule has 0 spiro atoms. The maximum atomic E-state index is 11.7. The Balaban J connectivity index is 1.38. The molecule has 1 aliphatic carbocycles. The van der Waals surface area contributed by atoms with Crippen molar-refractivity contribution in [2.45, 2.75) is 50.6 Å². The van der Waals surface area contributed by atoms with Gasteiger partial charge in [0, 0.05) is 61.4 Å². The Morgan fingerprint density at radius 2 is 1.82 bits per heavy atom. The molecule has 1 aliphatic heterocycles. The smallest absolute Gasteiger partial charge is 0.211 e. The summed E-state index contributed by atoms with van der Waals surface area (Å²) in [4.78, 5) is 8.86. The number of nitrogens with zero attached hydrogens (tertiary/aromatic N) is 3. The highest BCUT2D eigenvalue weighted by molar-refractivity contribution is 7.88. The summed E-state index contributed by atoms with van der Waals surface area (Å²) in [6.07, 6.45) is 12.4. The lowest BCUT2D eigenvalue weighted by molar-refractivity contribution is 0.283.